The van der Waals surface area contributed by atoms with Crippen LogP contribution in [0.4, 0.5) is 4.79 Å². The number of amides is 2. The van der Waals surface area contributed by atoms with Crippen molar-refractivity contribution in [2.75, 3.05) is 7.11 Å². The molecule has 1 aliphatic carbocycles. The number of carbonyl (C=O) groups excluding carboxylic acids is 3. The third-order valence-electron chi connectivity index (χ3n) is 4.49. The molecular weight excluding hydrogens is 354 g/mol. The molecule has 1 aliphatic rings. The zero-order valence-corrected chi connectivity index (χ0v) is 15.1. The summed E-state index contributed by atoms with van der Waals surface area (Å²) in [6.07, 6.45) is 0.628. The molecule has 0 fully saturated rings. The van der Waals surface area contributed by atoms with Crippen LogP contribution in [0, 0.1) is 0 Å². The molecule has 0 saturated carbocycles. The number of halogens is 1. The minimum atomic E-state index is -0.798. The van der Waals surface area contributed by atoms with Gasteiger partial charge in [-0.3, -0.25) is 14.9 Å². The molecule has 0 heterocycles. The first-order valence-electron chi connectivity index (χ1n) is 8.27. The van der Waals surface area contributed by atoms with Crippen molar-refractivity contribution in [2.24, 2.45) is 0 Å². The topological polar surface area (TPSA) is 72.5 Å². The Hall–Kier alpha value is -2.66. The van der Waals surface area contributed by atoms with Crippen LogP contribution in [0.15, 0.2) is 47.5 Å². The number of hydrogen-bond acceptors (Lipinski definition) is 4. The number of imide groups is 1. The van der Waals surface area contributed by atoms with E-state index in [9.17, 15) is 14.4 Å². The van der Waals surface area contributed by atoms with Gasteiger partial charge in [0, 0.05) is 29.7 Å². The van der Waals surface area contributed by atoms with Crippen molar-refractivity contribution in [3.63, 3.8) is 0 Å². The fraction of sp³-hybridized carbons (Fsp3) is 0.250. The Labute approximate surface area is 156 Å². The normalized spacial score (nSPS) is 14.0. The third-order valence-corrected chi connectivity index (χ3v) is 4.82. The lowest BCUT2D eigenvalue weighted by atomic mass is 9.97. The van der Waals surface area contributed by atoms with Gasteiger partial charge in [-0.15, -0.1) is 0 Å². The number of carbonyl (C=O) groups is 3. The Morgan fingerprint density at radius 1 is 1.19 bits per heavy atom. The summed E-state index contributed by atoms with van der Waals surface area (Å²) < 4.78 is 4.41. The number of allylic oxidation sites excluding steroid dienone is 1. The second-order valence-electron chi connectivity index (χ2n) is 6.19. The Morgan fingerprint density at radius 3 is 2.77 bits per heavy atom. The summed E-state index contributed by atoms with van der Waals surface area (Å²) in [5.74, 6) is -0.415. The molecule has 3 rings (SSSR count). The summed E-state index contributed by atoms with van der Waals surface area (Å²) in [6.45, 7) is 0. The van der Waals surface area contributed by atoms with Crippen molar-refractivity contribution in [3.8, 4) is 0 Å². The van der Waals surface area contributed by atoms with E-state index in [1.807, 2.05) is 36.4 Å². The van der Waals surface area contributed by atoms with Crippen LogP contribution in [0.1, 0.15) is 24.8 Å². The number of benzene rings is 2. The number of alkyl carbamates (subject to hydrolysis) is 1. The van der Waals surface area contributed by atoms with E-state index in [1.54, 1.807) is 0 Å². The molecule has 0 aromatic heterocycles. The molecule has 0 spiro atoms. The van der Waals surface area contributed by atoms with Gasteiger partial charge in [0.1, 0.15) is 0 Å². The highest BCUT2D eigenvalue weighted by Crippen LogP contribution is 2.30. The SMILES string of the molecule is COC(=O)NC(=O)CC1=C(Cc2ccc3c(Cl)cccc3c2)C(=O)CC1. The van der Waals surface area contributed by atoms with Crippen LogP contribution in [-0.4, -0.2) is 24.9 Å². The molecule has 5 nitrogen and oxygen atoms in total. The minimum Gasteiger partial charge on any atom is -0.453 e. The highest BCUT2D eigenvalue weighted by Gasteiger charge is 2.25. The number of ketones is 1. The molecule has 0 radical (unpaired) electrons. The second kappa shape index (κ2) is 7.70. The zero-order chi connectivity index (χ0) is 18.7. The number of ether oxygens (including phenoxy) is 1. The van der Waals surface area contributed by atoms with E-state index < -0.39 is 12.0 Å². The van der Waals surface area contributed by atoms with Crippen molar-refractivity contribution < 1.29 is 19.1 Å². The lowest BCUT2D eigenvalue weighted by Gasteiger charge is -2.09. The van der Waals surface area contributed by atoms with Gasteiger partial charge in [-0.1, -0.05) is 47.5 Å². The molecule has 0 atom stereocenters. The molecule has 2 amide bonds. The molecule has 0 bridgehead atoms. The predicted molar refractivity (Wildman–Crippen MR) is 99.1 cm³/mol. The summed E-state index contributed by atoms with van der Waals surface area (Å²) in [4.78, 5) is 35.3. The first-order valence-corrected chi connectivity index (χ1v) is 8.65. The van der Waals surface area contributed by atoms with Crippen LogP contribution in [0.2, 0.25) is 5.02 Å². The first-order chi connectivity index (χ1) is 12.5. The third kappa shape index (κ3) is 3.94. The van der Waals surface area contributed by atoms with E-state index in [-0.39, 0.29) is 12.2 Å². The van der Waals surface area contributed by atoms with Gasteiger partial charge in [0.15, 0.2) is 5.78 Å². The summed E-state index contributed by atoms with van der Waals surface area (Å²) in [5.41, 5.74) is 2.42. The molecule has 2 aromatic rings. The smallest absolute Gasteiger partial charge is 0.413 e. The van der Waals surface area contributed by atoms with Gasteiger partial charge in [-0.05, 0) is 29.0 Å². The Kier molecular flexibility index (Phi) is 5.38. The molecule has 6 heteroatoms. The lowest BCUT2D eigenvalue weighted by molar-refractivity contribution is -0.119. The van der Waals surface area contributed by atoms with Crippen LogP contribution in [0.3, 0.4) is 0 Å². The molecule has 134 valence electrons. The van der Waals surface area contributed by atoms with Crippen molar-refractivity contribution >= 4 is 40.2 Å². The van der Waals surface area contributed by atoms with Crippen molar-refractivity contribution in [3.05, 3.63) is 58.1 Å². The monoisotopic (exact) mass is 371 g/mol. The summed E-state index contributed by atoms with van der Waals surface area (Å²) >= 11 is 6.19. The predicted octanol–water partition coefficient (Wildman–Crippen LogP) is 3.97. The summed E-state index contributed by atoms with van der Waals surface area (Å²) in [5, 5.41) is 4.78. The molecule has 26 heavy (non-hydrogen) atoms. The molecule has 0 aliphatic heterocycles. The van der Waals surface area contributed by atoms with Crippen molar-refractivity contribution in [1.82, 2.24) is 5.32 Å². The quantitative estimate of drug-likeness (QED) is 0.882. The number of rotatable bonds is 4. The maximum absolute atomic E-state index is 12.3. The van der Waals surface area contributed by atoms with E-state index >= 15 is 0 Å². The average molecular weight is 372 g/mol. The van der Waals surface area contributed by atoms with Crippen LogP contribution in [0.5, 0.6) is 0 Å². The number of Topliss-reactive ketones (excluding diaryl/α,β-unsaturated/α-hetero) is 1. The summed E-state index contributed by atoms with van der Waals surface area (Å²) in [7, 11) is 1.19. The summed E-state index contributed by atoms with van der Waals surface area (Å²) in [6, 6.07) is 11.6. The maximum atomic E-state index is 12.3. The van der Waals surface area contributed by atoms with Crippen LogP contribution >= 0.6 is 11.6 Å². The standard InChI is InChI=1S/C20H18ClNO4/c1-26-20(25)22-19(24)11-14-6-8-18(23)16(14)10-12-5-7-15-13(9-12)3-2-4-17(15)21/h2-5,7,9H,6,8,10-11H2,1H3,(H,22,24,25). The molecule has 2 aromatic carbocycles. The van der Waals surface area contributed by atoms with E-state index in [1.165, 1.54) is 7.11 Å². The van der Waals surface area contributed by atoms with Gasteiger partial charge >= 0.3 is 6.09 Å². The van der Waals surface area contributed by atoms with Gasteiger partial charge in [-0.2, -0.15) is 0 Å². The maximum Gasteiger partial charge on any atom is 0.413 e. The van der Waals surface area contributed by atoms with Gasteiger partial charge in [0.2, 0.25) is 5.91 Å². The van der Waals surface area contributed by atoms with E-state index in [2.05, 4.69) is 10.1 Å². The highest BCUT2D eigenvalue weighted by atomic mass is 35.5. The number of nitrogens with one attached hydrogen (secondary N) is 1. The van der Waals surface area contributed by atoms with Crippen molar-refractivity contribution in [2.45, 2.75) is 25.7 Å². The molecule has 1 N–H and O–H groups in total. The second-order valence-corrected chi connectivity index (χ2v) is 6.60. The van der Waals surface area contributed by atoms with Crippen molar-refractivity contribution in [1.29, 1.82) is 0 Å². The van der Waals surface area contributed by atoms with Gasteiger partial charge in [0.05, 0.1) is 7.11 Å². The average Bonchev–Trinajstić information content (AvgIpc) is 2.95. The number of hydrogen-bond donors (Lipinski definition) is 1. The van der Waals surface area contributed by atoms with Gasteiger partial charge in [-0.25, -0.2) is 4.79 Å². The van der Waals surface area contributed by atoms with Crippen LogP contribution in [-0.2, 0) is 20.7 Å². The molecular formula is C20H18ClNO4. The number of methoxy groups -OCH3 is 1. The Balaban J connectivity index is 1.82. The Morgan fingerprint density at radius 2 is 2.00 bits per heavy atom. The first kappa shape index (κ1) is 18.1. The van der Waals surface area contributed by atoms with E-state index in [0.717, 1.165) is 21.9 Å². The van der Waals surface area contributed by atoms with Gasteiger partial charge < -0.3 is 4.74 Å². The fourth-order valence-electron chi connectivity index (χ4n) is 3.19. The van der Waals surface area contributed by atoms with E-state index in [4.69, 9.17) is 11.6 Å². The zero-order valence-electron chi connectivity index (χ0n) is 14.3. The Bertz CT molecular complexity index is 933. The van der Waals surface area contributed by atoms with Gasteiger partial charge in [0.25, 0.3) is 0 Å². The van der Waals surface area contributed by atoms with Crippen LogP contribution in [0.25, 0.3) is 10.8 Å². The fourth-order valence-corrected chi connectivity index (χ4v) is 3.44. The molecule has 0 unspecified atom stereocenters. The van der Waals surface area contributed by atoms with Crippen LogP contribution < -0.4 is 5.32 Å². The highest BCUT2D eigenvalue weighted by molar-refractivity contribution is 6.35. The molecule has 0 saturated heterocycles. The minimum absolute atomic E-state index is 0.0234. The van der Waals surface area contributed by atoms with E-state index in [0.29, 0.717) is 29.9 Å². The largest absolute Gasteiger partial charge is 0.453 e. The number of fused-ring (bicyclic) bond motifs is 1. The lowest BCUT2D eigenvalue weighted by Crippen LogP contribution is -2.30.